The highest BCUT2D eigenvalue weighted by Crippen LogP contribution is 2.33. The highest BCUT2D eigenvalue weighted by molar-refractivity contribution is 6.30. The highest BCUT2D eigenvalue weighted by Gasteiger charge is 2.19. The van der Waals surface area contributed by atoms with Crippen molar-refractivity contribution in [2.45, 2.75) is 0 Å². The van der Waals surface area contributed by atoms with Crippen LogP contribution in [0.15, 0.2) is 102 Å². The Labute approximate surface area is 216 Å². The number of hydrogen-bond acceptors (Lipinski definition) is 4. The Bertz CT molecular complexity index is 1630. The van der Waals surface area contributed by atoms with Crippen LogP contribution < -0.4 is 10.2 Å². The average molecular weight is 512 g/mol. The monoisotopic (exact) mass is 511 g/mol. The number of hydrazone groups is 1. The number of H-pyrrole nitrogens is 1. The molecule has 4 aromatic carbocycles. The fourth-order valence-electron chi connectivity index (χ4n) is 3.88. The molecular weight excluding hydrogens is 493 g/mol. The van der Waals surface area contributed by atoms with Crippen LogP contribution in [0.3, 0.4) is 0 Å². The van der Waals surface area contributed by atoms with E-state index < -0.39 is 17.7 Å². The van der Waals surface area contributed by atoms with Crippen molar-refractivity contribution in [3.8, 4) is 16.9 Å². The first-order chi connectivity index (χ1) is 18.0. The zero-order valence-electron chi connectivity index (χ0n) is 19.2. The molecular formula is C29H19ClFN3O3. The summed E-state index contributed by atoms with van der Waals surface area (Å²) in [5.74, 6) is -1.20. The minimum absolute atomic E-state index is 0.242. The number of hydrogen-bond donors (Lipinski definition) is 2. The van der Waals surface area contributed by atoms with E-state index in [0.717, 1.165) is 5.56 Å². The highest BCUT2D eigenvalue weighted by atomic mass is 35.5. The van der Waals surface area contributed by atoms with Crippen molar-refractivity contribution in [3.63, 3.8) is 0 Å². The molecule has 6 nitrogen and oxygen atoms in total. The number of ether oxygens (including phenoxy) is 1. The molecule has 1 amide bonds. The number of amides is 1. The van der Waals surface area contributed by atoms with Gasteiger partial charge in [0.2, 0.25) is 0 Å². The third kappa shape index (κ3) is 5.27. The van der Waals surface area contributed by atoms with Crippen LogP contribution in [0, 0.1) is 5.82 Å². The van der Waals surface area contributed by atoms with E-state index in [1.807, 2.05) is 30.3 Å². The summed E-state index contributed by atoms with van der Waals surface area (Å²) in [7, 11) is 0. The van der Waals surface area contributed by atoms with Gasteiger partial charge in [0.15, 0.2) is 0 Å². The molecule has 0 saturated heterocycles. The van der Waals surface area contributed by atoms with Gasteiger partial charge in [-0.2, -0.15) is 5.10 Å². The van der Waals surface area contributed by atoms with Gasteiger partial charge in [-0.15, -0.1) is 0 Å². The molecule has 5 rings (SSSR count). The van der Waals surface area contributed by atoms with E-state index in [1.165, 1.54) is 18.3 Å². The number of aromatic amines is 1. The molecule has 0 aliphatic carbocycles. The van der Waals surface area contributed by atoms with E-state index in [-0.39, 0.29) is 11.4 Å². The van der Waals surface area contributed by atoms with E-state index in [2.05, 4.69) is 15.5 Å². The predicted octanol–water partition coefficient (Wildman–Crippen LogP) is 6.61. The van der Waals surface area contributed by atoms with Gasteiger partial charge in [-0.05, 0) is 60.2 Å². The Kier molecular flexibility index (Phi) is 6.78. The van der Waals surface area contributed by atoms with E-state index in [4.69, 9.17) is 16.3 Å². The number of carbonyl (C=O) groups is 2. The van der Waals surface area contributed by atoms with Crippen LogP contribution in [0.5, 0.6) is 5.75 Å². The molecule has 1 heterocycles. The SMILES string of the molecule is O=C(Oc1ccccc1C=NNC(=O)c1[nH]c2ccc(F)cc2c1-c1ccccc1)c1ccc(Cl)cc1. The molecule has 0 fully saturated rings. The van der Waals surface area contributed by atoms with Crippen molar-refractivity contribution in [1.29, 1.82) is 0 Å². The molecule has 0 radical (unpaired) electrons. The summed E-state index contributed by atoms with van der Waals surface area (Å²) in [4.78, 5) is 28.7. The van der Waals surface area contributed by atoms with Crippen LogP contribution in [0.1, 0.15) is 26.4 Å². The first kappa shape index (κ1) is 24.0. The summed E-state index contributed by atoms with van der Waals surface area (Å²) in [5.41, 5.74) is 5.51. The van der Waals surface area contributed by atoms with Crippen molar-refractivity contribution < 1.29 is 18.7 Å². The van der Waals surface area contributed by atoms with Crippen LogP contribution >= 0.6 is 11.6 Å². The molecule has 182 valence electrons. The number of para-hydroxylation sites is 1. The van der Waals surface area contributed by atoms with Gasteiger partial charge >= 0.3 is 5.97 Å². The fraction of sp³-hybridized carbons (Fsp3) is 0. The van der Waals surface area contributed by atoms with E-state index in [1.54, 1.807) is 54.6 Å². The molecule has 0 spiro atoms. The van der Waals surface area contributed by atoms with Gasteiger partial charge in [0, 0.05) is 27.1 Å². The van der Waals surface area contributed by atoms with Gasteiger partial charge in [-0.3, -0.25) is 4.79 Å². The molecule has 0 atom stereocenters. The van der Waals surface area contributed by atoms with Crippen LogP contribution in [-0.2, 0) is 0 Å². The minimum atomic E-state index is -0.556. The molecule has 37 heavy (non-hydrogen) atoms. The topological polar surface area (TPSA) is 83.5 Å². The molecule has 8 heteroatoms. The second-order valence-electron chi connectivity index (χ2n) is 8.06. The van der Waals surface area contributed by atoms with Gasteiger partial charge in [-0.1, -0.05) is 54.1 Å². The van der Waals surface area contributed by atoms with Gasteiger partial charge in [-0.25, -0.2) is 14.6 Å². The van der Waals surface area contributed by atoms with Crippen molar-refractivity contribution >= 4 is 40.6 Å². The zero-order chi connectivity index (χ0) is 25.8. The second-order valence-corrected chi connectivity index (χ2v) is 8.50. The largest absolute Gasteiger partial charge is 0.422 e. The standard InChI is InChI=1S/C29H19ClFN3O3/c30-21-12-10-19(11-13-21)29(36)37-25-9-5-4-8-20(25)17-32-34-28(35)27-26(18-6-2-1-3-7-18)23-16-22(31)14-15-24(23)33-27/h1-17,33H,(H,34,35). The number of aromatic nitrogens is 1. The molecule has 0 aliphatic rings. The second kappa shape index (κ2) is 10.5. The maximum absolute atomic E-state index is 14.0. The molecule has 1 aromatic heterocycles. The van der Waals surface area contributed by atoms with E-state index in [0.29, 0.717) is 32.6 Å². The smallest absolute Gasteiger partial charge is 0.343 e. The summed E-state index contributed by atoms with van der Waals surface area (Å²) >= 11 is 5.88. The number of benzene rings is 4. The molecule has 0 saturated carbocycles. The normalized spacial score (nSPS) is 11.1. The first-order valence-corrected chi connectivity index (χ1v) is 11.6. The van der Waals surface area contributed by atoms with Crippen LogP contribution in [0.2, 0.25) is 5.02 Å². The maximum Gasteiger partial charge on any atom is 0.343 e. The average Bonchev–Trinajstić information content (AvgIpc) is 3.29. The number of fused-ring (bicyclic) bond motifs is 1. The summed E-state index contributed by atoms with van der Waals surface area (Å²) in [5, 5.41) is 5.16. The number of carbonyl (C=O) groups excluding carboxylic acids is 2. The van der Waals surface area contributed by atoms with E-state index in [9.17, 15) is 14.0 Å². The molecule has 5 aromatic rings. The summed E-state index contributed by atoms with van der Waals surface area (Å²) in [6.07, 6.45) is 1.38. The number of halogens is 2. The van der Waals surface area contributed by atoms with Crippen LogP contribution in [-0.4, -0.2) is 23.1 Å². The van der Waals surface area contributed by atoms with Gasteiger partial charge < -0.3 is 9.72 Å². The third-order valence-electron chi connectivity index (χ3n) is 5.62. The fourth-order valence-corrected chi connectivity index (χ4v) is 4.01. The van der Waals surface area contributed by atoms with Gasteiger partial charge in [0.25, 0.3) is 5.91 Å². The van der Waals surface area contributed by atoms with E-state index >= 15 is 0 Å². The summed E-state index contributed by atoms with van der Waals surface area (Å²) in [6, 6.07) is 26.7. The quantitative estimate of drug-likeness (QED) is 0.116. The number of nitrogens with one attached hydrogen (secondary N) is 2. The van der Waals surface area contributed by atoms with Crippen LogP contribution in [0.25, 0.3) is 22.0 Å². The van der Waals surface area contributed by atoms with Gasteiger partial charge in [0.1, 0.15) is 17.3 Å². The number of esters is 1. The Morgan fingerprint density at radius 2 is 1.65 bits per heavy atom. The molecule has 2 N–H and O–H groups in total. The van der Waals surface area contributed by atoms with Gasteiger partial charge in [0.05, 0.1) is 11.8 Å². The summed E-state index contributed by atoms with van der Waals surface area (Å²) in [6.45, 7) is 0. The molecule has 0 aliphatic heterocycles. The maximum atomic E-state index is 14.0. The Balaban J connectivity index is 1.38. The Morgan fingerprint density at radius 3 is 2.43 bits per heavy atom. The predicted molar refractivity (Wildman–Crippen MR) is 142 cm³/mol. The first-order valence-electron chi connectivity index (χ1n) is 11.3. The Hall–Kier alpha value is -4.75. The van der Waals surface area contributed by atoms with Crippen LogP contribution in [0.4, 0.5) is 4.39 Å². The lowest BCUT2D eigenvalue weighted by molar-refractivity contribution is 0.0734. The van der Waals surface area contributed by atoms with Crippen molar-refractivity contribution in [2.75, 3.05) is 0 Å². The number of rotatable bonds is 6. The molecule has 0 bridgehead atoms. The van der Waals surface area contributed by atoms with Crippen molar-refractivity contribution in [1.82, 2.24) is 10.4 Å². The lowest BCUT2D eigenvalue weighted by atomic mass is 10.0. The third-order valence-corrected chi connectivity index (χ3v) is 5.87. The zero-order valence-corrected chi connectivity index (χ0v) is 20.0. The lowest BCUT2D eigenvalue weighted by Crippen LogP contribution is -2.19. The Morgan fingerprint density at radius 1 is 0.919 bits per heavy atom. The van der Waals surface area contributed by atoms with Crippen molar-refractivity contribution in [2.24, 2.45) is 5.10 Å². The number of nitrogens with zero attached hydrogens (tertiary/aromatic N) is 1. The summed E-state index contributed by atoms with van der Waals surface area (Å²) < 4.78 is 19.5. The molecule has 0 unspecified atom stereocenters. The van der Waals surface area contributed by atoms with Crippen molar-refractivity contribution in [3.05, 3.63) is 125 Å². The lowest BCUT2D eigenvalue weighted by Gasteiger charge is -2.07. The minimum Gasteiger partial charge on any atom is -0.422 e.